The zero-order valence-corrected chi connectivity index (χ0v) is 19.2. The normalized spacial score (nSPS) is 14.6. The molecule has 0 saturated carbocycles. The molecule has 2 aromatic rings. The first-order valence-corrected chi connectivity index (χ1v) is 10.8. The molecule has 10 nitrogen and oxygen atoms in total. The summed E-state index contributed by atoms with van der Waals surface area (Å²) in [5.74, 6) is -0.825. The van der Waals surface area contributed by atoms with Crippen molar-refractivity contribution in [1.29, 1.82) is 0 Å². The van der Waals surface area contributed by atoms with Crippen LogP contribution in [0.4, 0.5) is 19.3 Å². The van der Waals surface area contributed by atoms with Crippen LogP contribution in [0.3, 0.4) is 0 Å². The number of hydrogen-bond acceptors (Lipinski definition) is 6. The molecule has 1 N–H and O–H groups in total. The molecular formula is C22H27F2N5O5. The molecule has 2 heterocycles. The number of aromatic nitrogens is 2. The van der Waals surface area contributed by atoms with Crippen LogP contribution in [0.25, 0.3) is 0 Å². The van der Waals surface area contributed by atoms with Gasteiger partial charge in [0.05, 0.1) is 18.0 Å². The molecule has 184 valence electrons. The second-order valence-corrected chi connectivity index (χ2v) is 7.66. The number of anilines is 1. The van der Waals surface area contributed by atoms with Gasteiger partial charge in [0.2, 0.25) is 5.91 Å². The van der Waals surface area contributed by atoms with Gasteiger partial charge in [-0.15, -0.1) is 0 Å². The molecule has 1 aliphatic rings. The number of benzene rings is 1. The van der Waals surface area contributed by atoms with E-state index in [-0.39, 0.29) is 17.2 Å². The average Bonchev–Trinajstić information content (AvgIpc) is 3.18. The number of hydrogen-bond donors (Lipinski definition) is 1. The van der Waals surface area contributed by atoms with Gasteiger partial charge >= 0.3 is 12.7 Å². The molecule has 1 atom stereocenters. The summed E-state index contributed by atoms with van der Waals surface area (Å²) in [7, 11) is 0. The molecule has 1 aromatic carbocycles. The molecule has 34 heavy (non-hydrogen) atoms. The van der Waals surface area contributed by atoms with Crippen molar-refractivity contribution in [1.82, 2.24) is 19.6 Å². The quantitative estimate of drug-likeness (QED) is 0.655. The molecule has 3 rings (SSSR count). The molecule has 0 aliphatic carbocycles. The number of amides is 3. The molecule has 0 spiro atoms. The van der Waals surface area contributed by atoms with Crippen molar-refractivity contribution in [3.05, 3.63) is 41.7 Å². The second kappa shape index (κ2) is 10.9. The average molecular weight is 479 g/mol. The van der Waals surface area contributed by atoms with Gasteiger partial charge < -0.3 is 24.6 Å². The molecule has 1 fully saturated rings. The molecule has 0 radical (unpaired) electrons. The van der Waals surface area contributed by atoms with Crippen molar-refractivity contribution < 1.29 is 32.6 Å². The highest BCUT2D eigenvalue weighted by Gasteiger charge is 2.29. The lowest BCUT2D eigenvalue weighted by molar-refractivity contribution is -0.136. The lowest BCUT2D eigenvalue weighted by Gasteiger charge is -2.35. The van der Waals surface area contributed by atoms with Crippen molar-refractivity contribution in [2.75, 3.05) is 38.1 Å². The SMILES string of the molecule is CCOC(=O)N1CCN(C(=O)C(C)n2cc(NC(=O)c3cccc(OC(F)F)c3)c(C)n2)CC1. The van der Waals surface area contributed by atoms with E-state index in [9.17, 15) is 23.2 Å². The minimum absolute atomic E-state index is 0.127. The lowest BCUT2D eigenvalue weighted by Crippen LogP contribution is -2.52. The number of carbonyl (C=O) groups is 3. The predicted molar refractivity (Wildman–Crippen MR) is 118 cm³/mol. The standard InChI is InChI=1S/C22H27F2N5O5/c1-4-33-22(32)28-10-8-27(9-11-28)20(31)15(3)29-13-18(14(2)26-29)25-19(30)16-6-5-7-17(12-16)34-21(23)24/h5-7,12-13,15,21H,4,8-11H2,1-3H3,(H,25,30). The first kappa shape index (κ1) is 24.9. The summed E-state index contributed by atoms with van der Waals surface area (Å²) in [5, 5.41) is 7.03. The van der Waals surface area contributed by atoms with Crippen LogP contribution in [-0.4, -0.2) is 76.9 Å². The maximum atomic E-state index is 13.0. The van der Waals surface area contributed by atoms with Crippen LogP contribution in [0.5, 0.6) is 5.75 Å². The number of piperazine rings is 1. The topological polar surface area (TPSA) is 106 Å². The van der Waals surface area contributed by atoms with Gasteiger partial charge in [-0.3, -0.25) is 14.3 Å². The Morgan fingerprint density at radius 2 is 1.82 bits per heavy atom. The highest BCUT2D eigenvalue weighted by Crippen LogP contribution is 2.21. The predicted octanol–water partition coefficient (Wildman–Crippen LogP) is 2.91. The largest absolute Gasteiger partial charge is 0.450 e. The Bertz CT molecular complexity index is 1040. The van der Waals surface area contributed by atoms with E-state index in [1.165, 1.54) is 28.9 Å². The lowest BCUT2D eigenvalue weighted by atomic mass is 10.2. The molecule has 1 aromatic heterocycles. The Hall–Kier alpha value is -3.70. The number of carbonyl (C=O) groups excluding carboxylic acids is 3. The maximum absolute atomic E-state index is 13.0. The van der Waals surface area contributed by atoms with E-state index in [4.69, 9.17) is 4.74 Å². The van der Waals surface area contributed by atoms with Crippen molar-refractivity contribution in [2.24, 2.45) is 0 Å². The third-order valence-corrected chi connectivity index (χ3v) is 5.36. The summed E-state index contributed by atoms with van der Waals surface area (Å²) in [6, 6.07) is 4.80. The van der Waals surface area contributed by atoms with E-state index >= 15 is 0 Å². The fourth-order valence-corrected chi connectivity index (χ4v) is 3.51. The van der Waals surface area contributed by atoms with Crippen LogP contribution in [0.1, 0.15) is 35.9 Å². The fraction of sp³-hybridized carbons (Fsp3) is 0.455. The van der Waals surface area contributed by atoms with E-state index < -0.39 is 24.7 Å². The Morgan fingerprint density at radius 1 is 1.15 bits per heavy atom. The molecule has 0 bridgehead atoms. The number of alkyl halides is 2. The molecule has 1 saturated heterocycles. The van der Waals surface area contributed by atoms with Gasteiger partial charge in [-0.1, -0.05) is 6.07 Å². The van der Waals surface area contributed by atoms with Crippen molar-refractivity contribution in [3.63, 3.8) is 0 Å². The fourth-order valence-electron chi connectivity index (χ4n) is 3.51. The number of nitrogens with zero attached hydrogens (tertiary/aromatic N) is 4. The Kier molecular flexibility index (Phi) is 8.03. The first-order chi connectivity index (χ1) is 16.2. The zero-order valence-electron chi connectivity index (χ0n) is 19.2. The minimum Gasteiger partial charge on any atom is -0.450 e. The number of nitrogens with one attached hydrogen (secondary N) is 1. The van der Waals surface area contributed by atoms with E-state index in [0.29, 0.717) is 44.2 Å². The monoisotopic (exact) mass is 479 g/mol. The van der Waals surface area contributed by atoms with Gasteiger partial charge in [0.15, 0.2) is 0 Å². The van der Waals surface area contributed by atoms with Crippen LogP contribution in [0.2, 0.25) is 0 Å². The van der Waals surface area contributed by atoms with Crippen molar-refractivity contribution in [3.8, 4) is 5.75 Å². The van der Waals surface area contributed by atoms with Crippen LogP contribution in [-0.2, 0) is 9.53 Å². The maximum Gasteiger partial charge on any atom is 0.409 e. The molecule has 3 amide bonds. The van der Waals surface area contributed by atoms with Crippen molar-refractivity contribution >= 4 is 23.6 Å². The molecule has 1 aliphatic heterocycles. The van der Waals surface area contributed by atoms with Crippen LogP contribution < -0.4 is 10.1 Å². The zero-order chi connectivity index (χ0) is 24.8. The van der Waals surface area contributed by atoms with E-state index in [1.807, 2.05) is 0 Å². The third kappa shape index (κ3) is 6.00. The molecule has 12 heteroatoms. The summed E-state index contributed by atoms with van der Waals surface area (Å²) in [6.45, 7) is 3.93. The van der Waals surface area contributed by atoms with Gasteiger partial charge in [-0.2, -0.15) is 13.9 Å². The van der Waals surface area contributed by atoms with Gasteiger partial charge in [-0.05, 0) is 39.0 Å². The van der Waals surface area contributed by atoms with E-state index in [2.05, 4.69) is 15.2 Å². The Labute approximate surface area is 195 Å². The van der Waals surface area contributed by atoms with Gasteiger partial charge in [0.1, 0.15) is 11.8 Å². The van der Waals surface area contributed by atoms with Crippen LogP contribution >= 0.6 is 0 Å². The summed E-state index contributed by atoms with van der Waals surface area (Å²) >= 11 is 0. The van der Waals surface area contributed by atoms with E-state index in [0.717, 1.165) is 0 Å². The number of rotatable bonds is 7. The van der Waals surface area contributed by atoms with E-state index in [1.54, 1.807) is 36.8 Å². The minimum atomic E-state index is -2.99. The smallest absolute Gasteiger partial charge is 0.409 e. The third-order valence-electron chi connectivity index (χ3n) is 5.36. The number of halogens is 2. The van der Waals surface area contributed by atoms with Gasteiger partial charge in [0.25, 0.3) is 5.91 Å². The molecular weight excluding hydrogens is 452 g/mol. The number of aryl methyl sites for hydroxylation is 1. The van der Waals surface area contributed by atoms with Crippen LogP contribution in [0, 0.1) is 6.92 Å². The van der Waals surface area contributed by atoms with Gasteiger partial charge in [0, 0.05) is 37.9 Å². The molecule has 1 unspecified atom stereocenters. The summed E-state index contributed by atoms with van der Waals surface area (Å²) < 4.78 is 35.6. The highest BCUT2D eigenvalue weighted by molar-refractivity contribution is 6.04. The number of ether oxygens (including phenoxy) is 2. The Balaban J connectivity index is 1.62. The van der Waals surface area contributed by atoms with Crippen molar-refractivity contribution in [2.45, 2.75) is 33.4 Å². The Morgan fingerprint density at radius 3 is 2.47 bits per heavy atom. The summed E-state index contributed by atoms with van der Waals surface area (Å²) in [4.78, 5) is 40.6. The first-order valence-electron chi connectivity index (χ1n) is 10.8. The van der Waals surface area contributed by atoms with Gasteiger partial charge in [-0.25, -0.2) is 4.79 Å². The summed E-state index contributed by atoms with van der Waals surface area (Å²) in [5.41, 5.74) is 1.01. The van der Waals surface area contributed by atoms with Crippen LogP contribution in [0.15, 0.2) is 30.5 Å². The highest BCUT2D eigenvalue weighted by atomic mass is 19.3. The second-order valence-electron chi connectivity index (χ2n) is 7.66. The summed E-state index contributed by atoms with van der Waals surface area (Å²) in [6.07, 6.45) is 1.15.